The first kappa shape index (κ1) is 22.1. The van der Waals surface area contributed by atoms with Crippen LogP contribution < -0.4 is 9.47 Å². The molecule has 1 aliphatic heterocycles. The van der Waals surface area contributed by atoms with Gasteiger partial charge in [0.25, 0.3) is 11.7 Å². The van der Waals surface area contributed by atoms with Gasteiger partial charge in [0.1, 0.15) is 5.76 Å². The Labute approximate surface area is 191 Å². The van der Waals surface area contributed by atoms with Crippen molar-refractivity contribution in [1.29, 1.82) is 0 Å². The van der Waals surface area contributed by atoms with Gasteiger partial charge in [-0.05, 0) is 41.8 Å². The molecule has 2 heterocycles. The molecule has 1 atom stereocenters. The van der Waals surface area contributed by atoms with Gasteiger partial charge in [0, 0.05) is 24.5 Å². The highest BCUT2D eigenvalue weighted by molar-refractivity contribution is 6.46. The van der Waals surface area contributed by atoms with Crippen LogP contribution in [0.3, 0.4) is 0 Å². The molecule has 1 aliphatic rings. The lowest BCUT2D eigenvalue weighted by molar-refractivity contribution is -0.139. The number of hydrogen-bond donors (Lipinski definition) is 1. The lowest BCUT2D eigenvalue weighted by atomic mass is 9.95. The van der Waals surface area contributed by atoms with E-state index in [-0.39, 0.29) is 11.3 Å². The fourth-order valence-electron chi connectivity index (χ4n) is 4.04. The van der Waals surface area contributed by atoms with Gasteiger partial charge in [0.15, 0.2) is 11.5 Å². The average molecular weight is 444 g/mol. The lowest BCUT2D eigenvalue weighted by Gasteiger charge is -2.26. The highest BCUT2D eigenvalue weighted by Crippen LogP contribution is 2.41. The molecule has 33 heavy (non-hydrogen) atoms. The Morgan fingerprint density at radius 2 is 1.67 bits per heavy atom. The van der Waals surface area contributed by atoms with Gasteiger partial charge in [0.05, 0.1) is 25.8 Å². The Kier molecular flexibility index (Phi) is 6.40. The Morgan fingerprint density at radius 1 is 0.970 bits per heavy atom. The summed E-state index contributed by atoms with van der Waals surface area (Å²) < 4.78 is 10.8. The molecular formula is C26H24N2O5. The van der Waals surface area contributed by atoms with Crippen LogP contribution in [0.2, 0.25) is 0 Å². The molecule has 7 nitrogen and oxygen atoms in total. The van der Waals surface area contributed by atoms with Crippen LogP contribution in [0.1, 0.15) is 22.7 Å². The second kappa shape index (κ2) is 9.56. The number of carbonyl (C=O) groups excluding carboxylic acids is 2. The third kappa shape index (κ3) is 4.30. The number of aliphatic hydroxyl groups is 1. The fraction of sp³-hybridized carbons (Fsp3) is 0.192. The summed E-state index contributed by atoms with van der Waals surface area (Å²) in [4.78, 5) is 31.7. The number of methoxy groups -OCH3 is 2. The summed E-state index contributed by atoms with van der Waals surface area (Å²) >= 11 is 0. The normalized spacial score (nSPS) is 17.3. The van der Waals surface area contributed by atoms with E-state index in [2.05, 4.69) is 4.98 Å². The van der Waals surface area contributed by atoms with Gasteiger partial charge in [-0.3, -0.25) is 14.6 Å². The number of carbonyl (C=O) groups is 2. The zero-order valence-corrected chi connectivity index (χ0v) is 18.4. The number of nitrogens with zero attached hydrogens (tertiary/aromatic N) is 2. The molecule has 1 amide bonds. The van der Waals surface area contributed by atoms with Crippen LogP contribution in [0.25, 0.3) is 5.76 Å². The second-order valence-electron chi connectivity index (χ2n) is 7.58. The van der Waals surface area contributed by atoms with Crippen LogP contribution in [0.15, 0.2) is 78.6 Å². The van der Waals surface area contributed by atoms with Gasteiger partial charge in [0.2, 0.25) is 0 Å². The molecule has 1 fully saturated rings. The molecule has 0 bridgehead atoms. The summed E-state index contributed by atoms with van der Waals surface area (Å²) in [7, 11) is 3.05. The summed E-state index contributed by atoms with van der Waals surface area (Å²) in [5.74, 6) is -0.625. The summed E-state index contributed by atoms with van der Waals surface area (Å²) in [5, 5.41) is 11.1. The van der Waals surface area contributed by atoms with Gasteiger partial charge in [-0.2, -0.15) is 0 Å². The smallest absolute Gasteiger partial charge is 0.295 e. The van der Waals surface area contributed by atoms with E-state index in [0.29, 0.717) is 35.6 Å². The molecule has 0 spiro atoms. The number of likely N-dealkylation sites (tertiary alicyclic amines) is 1. The minimum absolute atomic E-state index is 0.0338. The molecule has 1 unspecified atom stereocenters. The van der Waals surface area contributed by atoms with Crippen molar-refractivity contribution in [1.82, 2.24) is 9.88 Å². The van der Waals surface area contributed by atoms with Crippen LogP contribution in [-0.2, 0) is 16.0 Å². The number of hydrogen-bond acceptors (Lipinski definition) is 6. The van der Waals surface area contributed by atoms with Crippen molar-refractivity contribution in [3.63, 3.8) is 0 Å². The van der Waals surface area contributed by atoms with E-state index in [1.54, 1.807) is 30.3 Å². The molecule has 0 aliphatic carbocycles. The molecule has 4 rings (SSSR count). The minimum Gasteiger partial charge on any atom is -0.507 e. The van der Waals surface area contributed by atoms with E-state index in [1.165, 1.54) is 31.5 Å². The van der Waals surface area contributed by atoms with Crippen molar-refractivity contribution in [2.24, 2.45) is 0 Å². The molecule has 168 valence electrons. The number of ether oxygens (including phenoxy) is 2. The standard InChI is InChI=1S/C26H24N2O5/c1-32-20-9-8-19(16-21(20)33-2)23-22(24(29)18-10-13-27-14-11-18)25(30)26(31)28(23)15-12-17-6-4-3-5-7-17/h3-11,13-14,16,23,29H,12,15H2,1-2H3. The molecule has 0 radical (unpaired) electrons. The quantitative estimate of drug-likeness (QED) is 0.339. The first-order chi connectivity index (χ1) is 16.0. The molecule has 0 saturated carbocycles. The Balaban J connectivity index is 1.82. The number of pyridine rings is 1. The zero-order chi connectivity index (χ0) is 23.4. The second-order valence-corrected chi connectivity index (χ2v) is 7.58. The van der Waals surface area contributed by atoms with Gasteiger partial charge in [-0.25, -0.2) is 0 Å². The number of Topliss-reactive ketones (excluding diaryl/α,β-unsaturated/α-hetero) is 1. The number of rotatable bonds is 7. The van der Waals surface area contributed by atoms with Crippen molar-refractivity contribution in [3.8, 4) is 11.5 Å². The maximum Gasteiger partial charge on any atom is 0.295 e. The summed E-state index contributed by atoms with van der Waals surface area (Å²) in [5.41, 5.74) is 2.12. The van der Waals surface area contributed by atoms with Gasteiger partial charge >= 0.3 is 0 Å². The van der Waals surface area contributed by atoms with Crippen LogP contribution in [0.5, 0.6) is 11.5 Å². The maximum absolute atomic E-state index is 13.1. The average Bonchev–Trinajstić information content (AvgIpc) is 3.12. The number of aliphatic hydroxyl groups excluding tert-OH is 1. The van der Waals surface area contributed by atoms with E-state index in [4.69, 9.17) is 9.47 Å². The largest absolute Gasteiger partial charge is 0.507 e. The van der Waals surface area contributed by atoms with Crippen molar-refractivity contribution in [2.45, 2.75) is 12.5 Å². The van der Waals surface area contributed by atoms with Crippen LogP contribution in [0.4, 0.5) is 0 Å². The first-order valence-corrected chi connectivity index (χ1v) is 10.5. The minimum atomic E-state index is -0.776. The Morgan fingerprint density at radius 3 is 2.33 bits per heavy atom. The summed E-state index contributed by atoms with van der Waals surface area (Å²) in [6, 6.07) is 17.4. The van der Waals surface area contributed by atoms with Crippen molar-refractivity contribution < 1.29 is 24.2 Å². The van der Waals surface area contributed by atoms with E-state index >= 15 is 0 Å². The molecule has 1 N–H and O–H groups in total. The van der Waals surface area contributed by atoms with E-state index in [0.717, 1.165) is 5.56 Å². The lowest BCUT2D eigenvalue weighted by Crippen LogP contribution is -2.31. The maximum atomic E-state index is 13.1. The van der Waals surface area contributed by atoms with Crippen molar-refractivity contribution in [2.75, 3.05) is 20.8 Å². The van der Waals surface area contributed by atoms with Crippen LogP contribution >= 0.6 is 0 Å². The number of amides is 1. The van der Waals surface area contributed by atoms with Gasteiger partial charge in [-0.15, -0.1) is 0 Å². The van der Waals surface area contributed by atoms with Crippen molar-refractivity contribution >= 4 is 17.4 Å². The summed E-state index contributed by atoms with van der Waals surface area (Å²) in [6.07, 6.45) is 3.60. The third-order valence-electron chi connectivity index (χ3n) is 5.70. The predicted octanol–water partition coefficient (Wildman–Crippen LogP) is 3.76. The molecular weight excluding hydrogens is 420 g/mol. The molecule has 1 aromatic heterocycles. The van der Waals surface area contributed by atoms with Gasteiger partial charge < -0.3 is 19.5 Å². The van der Waals surface area contributed by atoms with E-state index in [1.807, 2.05) is 30.3 Å². The number of benzene rings is 2. The predicted molar refractivity (Wildman–Crippen MR) is 123 cm³/mol. The number of ketones is 1. The topological polar surface area (TPSA) is 89.0 Å². The van der Waals surface area contributed by atoms with Crippen LogP contribution in [0, 0.1) is 0 Å². The zero-order valence-electron chi connectivity index (χ0n) is 18.4. The SMILES string of the molecule is COc1ccc(C2C(=C(O)c3ccncc3)C(=O)C(=O)N2CCc2ccccc2)cc1OC. The van der Waals surface area contributed by atoms with E-state index < -0.39 is 17.7 Å². The molecule has 2 aromatic carbocycles. The highest BCUT2D eigenvalue weighted by Gasteiger charge is 2.46. The van der Waals surface area contributed by atoms with Gasteiger partial charge in [-0.1, -0.05) is 36.4 Å². The summed E-state index contributed by atoms with van der Waals surface area (Å²) in [6.45, 7) is 0.306. The van der Waals surface area contributed by atoms with E-state index in [9.17, 15) is 14.7 Å². The molecule has 3 aromatic rings. The highest BCUT2D eigenvalue weighted by atomic mass is 16.5. The first-order valence-electron chi connectivity index (χ1n) is 10.5. The third-order valence-corrected chi connectivity index (χ3v) is 5.70. The molecule has 1 saturated heterocycles. The number of aromatic nitrogens is 1. The molecule has 7 heteroatoms. The monoisotopic (exact) mass is 444 g/mol. The Hall–Kier alpha value is -4.13. The Bertz CT molecular complexity index is 1190. The fourth-order valence-corrected chi connectivity index (χ4v) is 4.04. The van der Waals surface area contributed by atoms with Crippen molar-refractivity contribution in [3.05, 3.63) is 95.3 Å². The van der Waals surface area contributed by atoms with Crippen LogP contribution in [-0.4, -0.2) is 47.4 Å².